The van der Waals surface area contributed by atoms with Gasteiger partial charge in [-0.3, -0.25) is 4.79 Å². The Kier molecular flexibility index (Phi) is 5.31. The highest BCUT2D eigenvalue weighted by molar-refractivity contribution is 7.89. The average Bonchev–Trinajstić information content (AvgIpc) is 2.28. The van der Waals surface area contributed by atoms with E-state index in [1.165, 1.54) is 0 Å². The number of carbonyl (C=O) groups excluding carboxylic acids is 1. The number of esters is 1. The Morgan fingerprint density at radius 1 is 1.59 bits per heavy atom. The van der Waals surface area contributed by atoms with Crippen molar-refractivity contribution in [3.8, 4) is 0 Å². The first-order valence-corrected chi connectivity index (χ1v) is 6.96. The first-order valence-electron chi connectivity index (χ1n) is 5.35. The van der Waals surface area contributed by atoms with Gasteiger partial charge in [-0.15, -0.1) is 0 Å². The van der Waals surface area contributed by atoms with E-state index in [9.17, 15) is 13.2 Å². The van der Waals surface area contributed by atoms with Crippen LogP contribution >= 0.6 is 0 Å². The molecule has 1 fully saturated rings. The van der Waals surface area contributed by atoms with E-state index >= 15 is 0 Å². The van der Waals surface area contributed by atoms with Gasteiger partial charge in [-0.05, 0) is 6.92 Å². The highest BCUT2D eigenvalue weighted by Crippen LogP contribution is 2.10. The number of hydrogen-bond donors (Lipinski definition) is 1. The van der Waals surface area contributed by atoms with Gasteiger partial charge in [0.05, 0.1) is 25.9 Å². The fourth-order valence-electron chi connectivity index (χ4n) is 1.50. The van der Waals surface area contributed by atoms with Crippen molar-refractivity contribution in [2.24, 2.45) is 0 Å². The molecule has 17 heavy (non-hydrogen) atoms. The van der Waals surface area contributed by atoms with Crippen LogP contribution in [-0.2, 0) is 24.3 Å². The molecule has 0 bridgehead atoms. The van der Waals surface area contributed by atoms with Crippen molar-refractivity contribution in [2.75, 3.05) is 38.7 Å². The Morgan fingerprint density at radius 3 is 2.88 bits per heavy atom. The lowest BCUT2D eigenvalue weighted by Crippen LogP contribution is -2.48. The van der Waals surface area contributed by atoms with E-state index < -0.39 is 27.8 Å². The molecule has 0 aromatic carbocycles. The molecular formula is C9H17NO6S. The SMILES string of the molecule is CCOC(=O)CS(=O)(=O)N1CCOC(CO)C1. The van der Waals surface area contributed by atoms with Gasteiger partial charge >= 0.3 is 5.97 Å². The number of morpholine rings is 1. The van der Waals surface area contributed by atoms with E-state index in [0.29, 0.717) is 0 Å². The van der Waals surface area contributed by atoms with E-state index in [4.69, 9.17) is 9.84 Å². The highest BCUT2D eigenvalue weighted by atomic mass is 32.2. The third-order valence-corrected chi connectivity index (χ3v) is 4.02. The van der Waals surface area contributed by atoms with Gasteiger partial charge in [0.1, 0.15) is 0 Å². The number of carbonyl (C=O) groups is 1. The zero-order valence-electron chi connectivity index (χ0n) is 9.66. The van der Waals surface area contributed by atoms with Crippen molar-refractivity contribution in [1.29, 1.82) is 0 Å². The molecule has 0 aliphatic carbocycles. The second-order valence-electron chi connectivity index (χ2n) is 3.59. The molecule has 0 amide bonds. The Balaban J connectivity index is 2.60. The summed E-state index contributed by atoms with van der Waals surface area (Å²) in [6.07, 6.45) is -0.527. The summed E-state index contributed by atoms with van der Waals surface area (Å²) in [6, 6.07) is 0. The number of rotatable bonds is 5. The molecule has 0 radical (unpaired) electrons. The normalized spacial score (nSPS) is 22.4. The monoisotopic (exact) mass is 267 g/mol. The van der Waals surface area contributed by atoms with Crippen molar-refractivity contribution >= 4 is 16.0 Å². The van der Waals surface area contributed by atoms with Crippen LogP contribution in [0.25, 0.3) is 0 Å². The van der Waals surface area contributed by atoms with Crippen molar-refractivity contribution in [2.45, 2.75) is 13.0 Å². The molecule has 0 saturated carbocycles. The van der Waals surface area contributed by atoms with E-state index in [0.717, 1.165) is 4.31 Å². The number of aliphatic hydroxyl groups is 1. The molecule has 7 nitrogen and oxygen atoms in total. The Hall–Kier alpha value is -0.700. The molecule has 0 aromatic heterocycles. The number of nitrogens with zero attached hydrogens (tertiary/aromatic N) is 1. The molecule has 1 N–H and O–H groups in total. The molecule has 8 heteroatoms. The van der Waals surface area contributed by atoms with Crippen molar-refractivity contribution in [1.82, 2.24) is 4.31 Å². The minimum absolute atomic E-state index is 0.0677. The zero-order chi connectivity index (χ0) is 12.9. The van der Waals surface area contributed by atoms with Crippen LogP contribution in [0.3, 0.4) is 0 Å². The average molecular weight is 267 g/mol. The van der Waals surface area contributed by atoms with Crippen molar-refractivity contribution in [3.63, 3.8) is 0 Å². The lowest BCUT2D eigenvalue weighted by molar-refractivity contribution is -0.140. The van der Waals surface area contributed by atoms with Gasteiger partial charge in [0.15, 0.2) is 5.75 Å². The van der Waals surface area contributed by atoms with Gasteiger partial charge in [0.25, 0.3) is 0 Å². The Bertz CT molecular complexity index is 354. The summed E-state index contributed by atoms with van der Waals surface area (Å²) in [7, 11) is -3.68. The summed E-state index contributed by atoms with van der Waals surface area (Å²) in [5.74, 6) is -1.43. The fraction of sp³-hybridized carbons (Fsp3) is 0.889. The standard InChI is InChI=1S/C9H17NO6S/c1-2-15-9(12)7-17(13,14)10-3-4-16-8(5-10)6-11/h8,11H,2-7H2,1H3. The van der Waals surface area contributed by atoms with Gasteiger partial charge in [-0.25, -0.2) is 8.42 Å². The second-order valence-corrected chi connectivity index (χ2v) is 5.56. The maximum absolute atomic E-state index is 11.8. The zero-order valence-corrected chi connectivity index (χ0v) is 10.5. The third-order valence-electron chi connectivity index (χ3n) is 2.30. The molecule has 1 atom stereocenters. The molecule has 1 heterocycles. The van der Waals surface area contributed by atoms with Gasteiger partial charge in [-0.1, -0.05) is 0 Å². The molecule has 100 valence electrons. The highest BCUT2D eigenvalue weighted by Gasteiger charge is 2.31. The van der Waals surface area contributed by atoms with Gasteiger partial charge in [-0.2, -0.15) is 4.31 Å². The van der Waals surface area contributed by atoms with Crippen molar-refractivity contribution in [3.05, 3.63) is 0 Å². The molecule has 1 rings (SSSR count). The predicted octanol–water partition coefficient (Wildman–Crippen LogP) is -1.43. The third kappa shape index (κ3) is 4.23. The summed E-state index contributed by atoms with van der Waals surface area (Å²) in [5.41, 5.74) is 0. The van der Waals surface area contributed by atoms with Gasteiger partial charge in [0, 0.05) is 13.1 Å². The molecule has 1 saturated heterocycles. The van der Waals surface area contributed by atoms with Crippen LogP contribution in [0.4, 0.5) is 0 Å². The minimum atomic E-state index is -3.68. The number of hydrogen-bond acceptors (Lipinski definition) is 6. The summed E-state index contributed by atoms with van der Waals surface area (Å²) < 4.78 is 34.5. The maximum Gasteiger partial charge on any atom is 0.322 e. The minimum Gasteiger partial charge on any atom is -0.465 e. The molecule has 0 aromatic rings. The molecule has 0 spiro atoms. The predicted molar refractivity (Wildman–Crippen MR) is 58.8 cm³/mol. The van der Waals surface area contributed by atoms with Crippen LogP contribution in [0.15, 0.2) is 0 Å². The van der Waals surface area contributed by atoms with Crippen LogP contribution in [0, 0.1) is 0 Å². The Labute approximate surface area is 100 Å². The molecular weight excluding hydrogens is 250 g/mol. The summed E-state index contributed by atoms with van der Waals surface area (Å²) >= 11 is 0. The molecule has 1 unspecified atom stereocenters. The van der Waals surface area contributed by atoms with E-state index in [1.807, 2.05) is 0 Å². The number of ether oxygens (including phenoxy) is 2. The Morgan fingerprint density at radius 2 is 2.29 bits per heavy atom. The fourth-order valence-corrected chi connectivity index (χ4v) is 2.81. The van der Waals surface area contributed by atoms with E-state index in [-0.39, 0.29) is 32.9 Å². The van der Waals surface area contributed by atoms with Gasteiger partial charge < -0.3 is 14.6 Å². The van der Waals surface area contributed by atoms with Crippen LogP contribution < -0.4 is 0 Å². The van der Waals surface area contributed by atoms with Crippen LogP contribution in [0.5, 0.6) is 0 Å². The van der Waals surface area contributed by atoms with Crippen LogP contribution in [0.1, 0.15) is 6.92 Å². The quantitative estimate of drug-likeness (QED) is 0.614. The van der Waals surface area contributed by atoms with Crippen LogP contribution in [0.2, 0.25) is 0 Å². The van der Waals surface area contributed by atoms with E-state index in [1.54, 1.807) is 6.92 Å². The van der Waals surface area contributed by atoms with Crippen LogP contribution in [-0.4, -0.2) is 68.6 Å². The summed E-state index contributed by atoms with van der Waals surface area (Å²) in [4.78, 5) is 11.1. The topological polar surface area (TPSA) is 93.1 Å². The first kappa shape index (κ1) is 14.4. The largest absolute Gasteiger partial charge is 0.465 e. The second kappa shape index (κ2) is 6.29. The first-order chi connectivity index (χ1) is 7.99. The van der Waals surface area contributed by atoms with E-state index in [2.05, 4.69) is 4.74 Å². The molecule has 1 aliphatic heterocycles. The summed E-state index contributed by atoms with van der Waals surface area (Å²) in [5, 5.41) is 8.90. The summed E-state index contributed by atoms with van der Waals surface area (Å²) in [6.45, 7) is 1.99. The lowest BCUT2D eigenvalue weighted by atomic mass is 10.3. The maximum atomic E-state index is 11.8. The molecule has 1 aliphatic rings. The number of aliphatic hydroxyl groups excluding tert-OH is 1. The van der Waals surface area contributed by atoms with Crippen molar-refractivity contribution < 1.29 is 27.8 Å². The van der Waals surface area contributed by atoms with Gasteiger partial charge in [0.2, 0.25) is 10.0 Å². The number of sulfonamides is 1. The lowest BCUT2D eigenvalue weighted by Gasteiger charge is -2.30. The smallest absolute Gasteiger partial charge is 0.322 e.